The van der Waals surface area contributed by atoms with Crippen LogP contribution in [0.15, 0.2) is 78.9 Å². The molecule has 1 amide bonds. The normalized spacial score (nSPS) is 10.5. The quantitative estimate of drug-likeness (QED) is 0.513. The molecular weight excluding hydrogens is 350 g/mol. The van der Waals surface area contributed by atoms with Gasteiger partial charge in [0.2, 0.25) is 0 Å². The van der Waals surface area contributed by atoms with Gasteiger partial charge in [-0.05, 0) is 73.0 Å². The molecule has 3 rings (SSSR count). The van der Waals surface area contributed by atoms with Crippen LogP contribution >= 0.6 is 0 Å². The van der Waals surface area contributed by atoms with Crippen LogP contribution in [0, 0.1) is 5.92 Å². The first-order valence-electron chi connectivity index (χ1n) is 9.47. The number of carbonyl (C=O) groups excluding carboxylic acids is 1. The molecule has 1 N–H and O–H groups in total. The third-order valence-electron chi connectivity index (χ3n) is 4.17. The summed E-state index contributed by atoms with van der Waals surface area (Å²) in [5, 5.41) is 2.89. The lowest BCUT2D eigenvalue weighted by molar-refractivity contribution is 0.102. The molecular formula is C24H25NO3. The van der Waals surface area contributed by atoms with Crippen LogP contribution < -0.4 is 14.8 Å². The highest BCUT2D eigenvalue weighted by atomic mass is 16.5. The fourth-order valence-electron chi connectivity index (χ4n) is 2.55. The Labute approximate surface area is 166 Å². The zero-order valence-corrected chi connectivity index (χ0v) is 16.2. The number of anilines is 1. The van der Waals surface area contributed by atoms with Gasteiger partial charge < -0.3 is 14.8 Å². The summed E-state index contributed by atoms with van der Waals surface area (Å²) in [6, 6.07) is 24.1. The summed E-state index contributed by atoms with van der Waals surface area (Å²) in [6.45, 7) is 5.01. The maximum Gasteiger partial charge on any atom is 0.255 e. The van der Waals surface area contributed by atoms with E-state index in [1.165, 1.54) is 0 Å². The molecule has 0 aromatic heterocycles. The molecule has 0 radical (unpaired) electrons. The Hall–Kier alpha value is -3.27. The zero-order valence-electron chi connectivity index (χ0n) is 16.2. The lowest BCUT2D eigenvalue weighted by atomic mass is 10.1. The van der Waals surface area contributed by atoms with Crippen LogP contribution in [-0.4, -0.2) is 12.5 Å². The van der Waals surface area contributed by atoms with Crippen molar-refractivity contribution in [1.29, 1.82) is 0 Å². The standard InChI is InChI=1S/C24H25NO3/c1-18(2)16-17-27-21-12-8-19(9-13-21)24(26)25-20-10-14-23(15-11-20)28-22-6-4-3-5-7-22/h3-15,18H,16-17H2,1-2H3,(H,25,26). The Morgan fingerprint density at radius 1 is 0.821 bits per heavy atom. The predicted octanol–water partition coefficient (Wildman–Crippen LogP) is 6.16. The molecule has 0 saturated carbocycles. The van der Waals surface area contributed by atoms with Gasteiger partial charge >= 0.3 is 0 Å². The van der Waals surface area contributed by atoms with Crippen LogP contribution in [0.3, 0.4) is 0 Å². The molecule has 0 atom stereocenters. The van der Waals surface area contributed by atoms with Crippen molar-refractivity contribution in [3.63, 3.8) is 0 Å². The molecule has 0 heterocycles. The summed E-state index contributed by atoms with van der Waals surface area (Å²) in [7, 11) is 0. The van der Waals surface area contributed by atoms with Crippen molar-refractivity contribution < 1.29 is 14.3 Å². The molecule has 4 heteroatoms. The molecule has 0 unspecified atom stereocenters. The second kappa shape index (κ2) is 9.60. The predicted molar refractivity (Wildman–Crippen MR) is 112 cm³/mol. The van der Waals surface area contributed by atoms with Gasteiger partial charge in [-0.15, -0.1) is 0 Å². The first-order chi connectivity index (χ1) is 13.6. The number of hydrogen-bond acceptors (Lipinski definition) is 3. The fourth-order valence-corrected chi connectivity index (χ4v) is 2.55. The van der Waals surface area contributed by atoms with Gasteiger partial charge in [0.25, 0.3) is 5.91 Å². The first kappa shape index (κ1) is 19.5. The molecule has 0 fully saturated rings. The molecule has 4 nitrogen and oxygen atoms in total. The topological polar surface area (TPSA) is 47.6 Å². The van der Waals surface area contributed by atoms with Crippen LogP contribution in [0.5, 0.6) is 17.2 Å². The molecule has 144 valence electrons. The second-order valence-electron chi connectivity index (χ2n) is 6.95. The summed E-state index contributed by atoms with van der Waals surface area (Å²) >= 11 is 0. The number of hydrogen-bond donors (Lipinski definition) is 1. The van der Waals surface area contributed by atoms with Crippen LogP contribution in [0.25, 0.3) is 0 Å². The number of amides is 1. The van der Waals surface area contributed by atoms with Gasteiger partial charge in [-0.2, -0.15) is 0 Å². The number of benzene rings is 3. The molecule has 0 saturated heterocycles. The van der Waals surface area contributed by atoms with Gasteiger partial charge in [-0.3, -0.25) is 4.79 Å². The van der Waals surface area contributed by atoms with Gasteiger partial charge in [0.05, 0.1) is 6.61 Å². The fraction of sp³-hybridized carbons (Fsp3) is 0.208. The first-order valence-corrected chi connectivity index (χ1v) is 9.47. The molecule has 28 heavy (non-hydrogen) atoms. The number of nitrogens with one attached hydrogen (secondary N) is 1. The van der Waals surface area contributed by atoms with Crippen LogP contribution in [0.2, 0.25) is 0 Å². The van der Waals surface area contributed by atoms with E-state index in [1.54, 1.807) is 12.1 Å². The van der Waals surface area contributed by atoms with Gasteiger partial charge in [-0.25, -0.2) is 0 Å². The Morgan fingerprint density at radius 2 is 1.43 bits per heavy atom. The Bertz CT molecular complexity index is 872. The maximum absolute atomic E-state index is 12.4. The van der Waals surface area contributed by atoms with Gasteiger partial charge in [0.1, 0.15) is 17.2 Å². The van der Waals surface area contributed by atoms with E-state index in [0.717, 1.165) is 17.9 Å². The lowest BCUT2D eigenvalue weighted by Gasteiger charge is -2.10. The van der Waals surface area contributed by atoms with E-state index in [2.05, 4.69) is 19.2 Å². The molecule has 0 aliphatic rings. The highest BCUT2D eigenvalue weighted by Crippen LogP contribution is 2.23. The highest BCUT2D eigenvalue weighted by Gasteiger charge is 2.07. The van der Waals surface area contributed by atoms with Crippen molar-refractivity contribution in [2.45, 2.75) is 20.3 Å². The monoisotopic (exact) mass is 375 g/mol. The minimum Gasteiger partial charge on any atom is -0.494 e. The van der Waals surface area contributed by atoms with Crippen molar-refractivity contribution in [3.05, 3.63) is 84.4 Å². The minimum atomic E-state index is -0.162. The van der Waals surface area contributed by atoms with E-state index >= 15 is 0 Å². The van der Waals surface area contributed by atoms with E-state index in [0.29, 0.717) is 29.5 Å². The minimum absolute atomic E-state index is 0.162. The SMILES string of the molecule is CC(C)CCOc1ccc(C(=O)Nc2ccc(Oc3ccccc3)cc2)cc1. The van der Waals surface area contributed by atoms with Gasteiger partial charge in [0, 0.05) is 11.3 Å². The maximum atomic E-state index is 12.4. The average molecular weight is 375 g/mol. The van der Waals surface area contributed by atoms with E-state index in [-0.39, 0.29) is 5.91 Å². The van der Waals surface area contributed by atoms with E-state index in [9.17, 15) is 4.79 Å². The highest BCUT2D eigenvalue weighted by molar-refractivity contribution is 6.04. The molecule has 0 bridgehead atoms. The number of rotatable bonds is 8. The van der Waals surface area contributed by atoms with Crippen molar-refractivity contribution in [1.82, 2.24) is 0 Å². The summed E-state index contributed by atoms with van der Waals surface area (Å²) in [4.78, 5) is 12.4. The smallest absolute Gasteiger partial charge is 0.255 e. The molecule has 0 spiro atoms. The van der Waals surface area contributed by atoms with Crippen LogP contribution in [0.1, 0.15) is 30.6 Å². The number of ether oxygens (including phenoxy) is 2. The van der Waals surface area contributed by atoms with Gasteiger partial charge in [0.15, 0.2) is 0 Å². The lowest BCUT2D eigenvalue weighted by Crippen LogP contribution is -2.11. The Balaban J connectivity index is 1.54. The van der Waals surface area contributed by atoms with Crippen LogP contribution in [-0.2, 0) is 0 Å². The summed E-state index contributed by atoms with van der Waals surface area (Å²) in [5.41, 5.74) is 1.29. The molecule has 3 aromatic carbocycles. The molecule has 0 aliphatic heterocycles. The number of para-hydroxylation sites is 1. The van der Waals surface area contributed by atoms with Crippen molar-refractivity contribution in [2.24, 2.45) is 5.92 Å². The van der Waals surface area contributed by atoms with Gasteiger partial charge in [-0.1, -0.05) is 32.0 Å². The molecule has 0 aliphatic carbocycles. The zero-order chi connectivity index (χ0) is 19.8. The Kier molecular flexibility index (Phi) is 6.68. The summed E-state index contributed by atoms with van der Waals surface area (Å²) in [5.74, 6) is 2.71. The van der Waals surface area contributed by atoms with E-state index in [1.807, 2.05) is 66.7 Å². The summed E-state index contributed by atoms with van der Waals surface area (Å²) in [6.07, 6.45) is 1.01. The van der Waals surface area contributed by atoms with Crippen molar-refractivity contribution in [3.8, 4) is 17.2 Å². The molecule has 3 aromatic rings. The third kappa shape index (κ3) is 5.88. The second-order valence-corrected chi connectivity index (χ2v) is 6.95. The van der Waals surface area contributed by atoms with Crippen molar-refractivity contribution >= 4 is 11.6 Å². The number of carbonyl (C=O) groups is 1. The third-order valence-corrected chi connectivity index (χ3v) is 4.17. The summed E-state index contributed by atoms with van der Waals surface area (Å²) < 4.78 is 11.4. The largest absolute Gasteiger partial charge is 0.494 e. The Morgan fingerprint density at radius 3 is 2.07 bits per heavy atom. The van der Waals surface area contributed by atoms with Crippen molar-refractivity contribution in [2.75, 3.05) is 11.9 Å². The van der Waals surface area contributed by atoms with Crippen LogP contribution in [0.4, 0.5) is 5.69 Å². The van der Waals surface area contributed by atoms with E-state index in [4.69, 9.17) is 9.47 Å². The average Bonchev–Trinajstić information content (AvgIpc) is 2.70. The van der Waals surface area contributed by atoms with E-state index < -0.39 is 0 Å².